The molecule has 1 aromatic rings. The third-order valence-corrected chi connectivity index (χ3v) is 3.38. The molecule has 0 saturated carbocycles. The van der Waals surface area contributed by atoms with Crippen molar-refractivity contribution in [3.05, 3.63) is 29.6 Å². The summed E-state index contributed by atoms with van der Waals surface area (Å²) in [6, 6.07) is 3.89. The maximum absolute atomic E-state index is 13.8. The number of rotatable bonds is 7. The van der Waals surface area contributed by atoms with Crippen LogP contribution in [0.4, 0.5) is 14.9 Å². The molecule has 0 atom stereocenters. The van der Waals surface area contributed by atoms with E-state index in [1.54, 1.807) is 0 Å². The van der Waals surface area contributed by atoms with Crippen molar-refractivity contribution in [2.45, 2.75) is 13.3 Å². The molecule has 0 aliphatic carbocycles. The van der Waals surface area contributed by atoms with E-state index in [0.29, 0.717) is 31.9 Å². The molecule has 22 heavy (non-hydrogen) atoms. The van der Waals surface area contributed by atoms with Crippen LogP contribution >= 0.6 is 0 Å². The smallest absolute Gasteiger partial charge is 0.321 e. The molecule has 7 heteroatoms. The zero-order chi connectivity index (χ0) is 15.9. The van der Waals surface area contributed by atoms with E-state index >= 15 is 0 Å². The Balaban J connectivity index is 2.00. The van der Waals surface area contributed by atoms with Gasteiger partial charge < -0.3 is 16.0 Å². The minimum Gasteiger partial charge on any atom is -0.351 e. The molecule has 2 rings (SSSR count). The lowest BCUT2D eigenvalue weighted by Gasteiger charge is -2.15. The Labute approximate surface area is 129 Å². The summed E-state index contributed by atoms with van der Waals surface area (Å²) < 4.78 is 13.8. The summed E-state index contributed by atoms with van der Waals surface area (Å²) in [6.45, 7) is 5.04. The average Bonchev–Trinajstić information content (AvgIpc) is 2.93. The standard InChI is InChI=1S/C15H21FN4O2/c1-2-5-17-6-7-18-14(21)12-10-11(3-4-13(12)16)20-9-8-19-15(20)22/h3-4,10,17H,2,5-9H2,1H3,(H,18,21)(H,19,22). The van der Waals surface area contributed by atoms with Crippen molar-refractivity contribution in [3.8, 4) is 0 Å². The molecule has 0 unspecified atom stereocenters. The second-order valence-corrected chi connectivity index (χ2v) is 5.05. The number of hydrogen-bond acceptors (Lipinski definition) is 3. The summed E-state index contributed by atoms with van der Waals surface area (Å²) in [4.78, 5) is 25.2. The molecule has 3 N–H and O–H groups in total. The lowest BCUT2D eigenvalue weighted by atomic mass is 10.1. The van der Waals surface area contributed by atoms with Gasteiger partial charge in [0.15, 0.2) is 0 Å². The first kappa shape index (κ1) is 16.2. The van der Waals surface area contributed by atoms with Gasteiger partial charge >= 0.3 is 6.03 Å². The molecular formula is C15H21FN4O2. The van der Waals surface area contributed by atoms with Crippen molar-refractivity contribution in [1.29, 1.82) is 0 Å². The van der Waals surface area contributed by atoms with Crippen LogP contribution in [0.1, 0.15) is 23.7 Å². The highest BCUT2D eigenvalue weighted by Crippen LogP contribution is 2.20. The Hall–Kier alpha value is -2.15. The molecule has 1 aliphatic heterocycles. The lowest BCUT2D eigenvalue weighted by molar-refractivity contribution is 0.0950. The fraction of sp³-hybridized carbons (Fsp3) is 0.467. The van der Waals surface area contributed by atoms with E-state index in [2.05, 4.69) is 22.9 Å². The van der Waals surface area contributed by atoms with E-state index in [-0.39, 0.29) is 11.6 Å². The van der Waals surface area contributed by atoms with E-state index in [4.69, 9.17) is 0 Å². The van der Waals surface area contributed by atoms with Crippen molar-refractivity contribution in [2.24, 2.45) is 0 Å². The van der Waals surface area contributed by atoms with Gasteiger partial charge in [0.05, 0.1) is 5.56 Å². The van der Waals surface area contributed by atoms with Crippen LogP contribution in [-0.4, -0.2) is 44.7 Å². The number of nitrogens with zero attached hydrogens (tertiary/aromatic N) is 1. The topological polar surface area (TPSA) is 73.5 Å². The van der Waals surface area contributed by atoms with Gasteiger partial charge in [-0.1, -0.05) is 6.92 Å². The summed E-state index contributed by atoms with van der Waals surface area (Å²) in [7, 11) is 0. The third-order valence-electron chi connectivity index (χ3n) is 3.38. The fourth-order valence-electron chi connectivity index (χ4n) is 2.23. The molecule has 3 amide bonds. The molecular weight excluding hydrogens is 287 g/mol. The van der Waals surface area contributed by atoms with Crippen LogP contribution in [0.25, 0.3) is 0 Å². The number of urea groups is 1. The van der Waals surface area contributed by atoms with E-state index in [1.165, 1.54) is 23.1 Å². The highest BCUT2D eigenvalue weighted by atomic mass is 19.1. The van der Waals surface area contributed by atoms with E-state index in [9.17, 15) is 14.0 Å². The van der Waals surface area contributed by atoms with E-state index in [0.717, 1.165) is 13.0 Å². The van der Waals surface area contributed by atoms with Crippen LogP contribution in [0.3, 0.4) is 0 Å². The summed E-state index contributed by atoms with van der Waals surface area (Å²) >= 11 is 0. The summed E-state index contributed by atoms with van der Waals surface area (Å²) in [5, 5.41) is 8.49. The molecule has 0 bridgehead atoms. The van der Waals surface area contributed by atoms with Gasteiger partial charge in [-0.15, -0.1) is 0 Å². The Morgan fingerprint density at radius 1 is 1.36 bits per heavy atom. The van der Waals surface area contributed by atoms with Gasteiger partial charge in [0.2, 0.25) is 0 Å². The first-order valence-electron chi connectivity index (χ1n) is 7.47. The molecule has 1 saturated heterocycles. The van der Waals surface area contributed by atoms with Crippen LogP contribution in [0.5, 0.6) is 0 Å². The Morgan fingerprint density at radius 2 is 2.18 bits per heavy atom. The van der Waals surface area contributed by atoms with Crippen LogP contribution in [0, 0.1) is 5.82 Å². The highest BCUT2D eigenvalue weighted by Gasteiger charge is 2.23. The SMILES string of the molecule is CCCNCCNC(=O)c1cc(N2CCNC2=O)ccc1F. The molecule has 1 heterocycles. The molecule has 0 spiro atoms. The minimum atomic E-state index is -0.595. The molecule has 1 aliphatic rings. The molecule has 0 aromatic heterocycles. The monoisotopic (exact) mass is 308 g/mol. The number of carbonyl (C=O) groups is 2. The summed E-state index contributed by atoms with van der Waals surface area (Å²) in [5.74, 6) is -1.07. The largest absolute Gasteiger partial charge is 0.351 e. The van der Waals surface area contributed by atoms with Gasteiger partial charge in [-0.05, 0) is 31.2 Å². The number of nitrogens with one attached hydrogen (secondary N) is 3. The maximum atomic E-state index is 13.8. The second-order valence-electron chi connectivity index (χ2n) is 5.05. The van der Waals surface area contributed by atoms with Crippen molar-refractivity contribution in [1.82, 2.24) is 16.0 Å². The van der Waals surface area contributed by atoms with Crippen molar-refractivity contribution in [2.75, 3.05) is 37.6 Å². The van der Waals surface area contributed by atoms with Gasteiger partial charge in [-0.2, -0.15) is 0 Å². The molecule has 0 radical (unpaired) electrons. The first-order valence-corrected chi connectivity index (χ1v) is 7.47. The van der Waals surface area contributed by atoms with Crippen LogP contribution in [0.2, 0.25) is 0 Å². The van der Waals surface area contributed by atoms with Crippen molar-refractivity contribution < 1.29 is 14.0 Å². The van der Waals surface area contributed by atoms with E-state index in [1.807, 2.05) is 0 Å². The average molecular weight is 308 g/mol. The number of carbonyl (C=O) groups excluding carboxylic acids is 2. The predicted octanol–water partition coefficient (Wildman–Crippen LogP) is 1.08. The number of anilines is 1. The molecule has 1 fully saturated rings. The van der Waals surface area contributed by atoms with Crippen LogP contribution in [0.15, 0.2) is 18.2 Å². The van der Waals surface area contributed by atoms with Crippen molar-refractivity contribution >= 4 is 17.6 Å². The second kappa shape index (κ2) is 7.74. The Bertz CT molecular complexity index is 550. The number of amides is 3. The first-order chi connectivity index (χ1) is 10.6. The maximum Gasteiger partial charge on any atom is 0.321 e. The van der Waals surface area contributed by atoms with E-state index < -0.39 is 11.7 Å². The zero-order valence-corrected chi connectivity index (χ0v) is 12.6. The number of hydrogen-bond donors (Lipinski definition) is 3. The van der Waals surface area contributed by atoms with Gasteiger partial charge in [-0.3, -0.25) is 9.69 Å². The molecule has 1 aromatic carbocycles. The Morgan fingerprint density at radius 3 is 2.86 bits per heavy atom. The van der Waals surface area contributed by atoms with Gasteiger partial charge in [0.25, 0.3) is 5.91 Å². The minimum absolute atomic E-state index is 0.0484. The summed E-state index contributed by atoms with van der Waals surface area (Å²) in [5.41, 5.74) is 0.471. The third kappa shape index (κ3) is 3.94. The molecule has 120 valence electrons. The normalized spacial score (nSPS) is 14.1. The Kier molecular flexibility index (Phi) is 5.71. The molecule has 6 nitrogen and oxygen atoms in total. The lowest BCUT2D eigenvalue weighted by Crippen LogP contribution is -2.33. The predicted molar refractivity (Wildman–Crippen MR) is 82.6 cm³/mol. The highest BCUT2D eigenvalue weighted by molar-refractivity contribution is 5.98. The fourth-order valence-corrected chi connectivity index (χ4v) is 2.23. The zero-order valence-electron chi connectivity index (χ0n) is 12.6. The van der Waals surface area contributed by atoms with Crippen molar-refractivity contribution in [3.63, 3.8) is 0 Å². The van der Waals surface area contributed by atoms with Gasteiger partial charge in [0.1, 0.15) is 5.82 Å². The summed E-state index contributed by atoms with van der Waals surface area (Å²) in [6.07, 6.45) is 1.02. The van der Waals surface area contributed by atoms with Crippen LogP contribution < -0.4 is 20.9 Å². The number of halogens is 1. The van der Waals surface area contributed by atoms with Crippen LogP contribution in [-0.2, 0) is 0 Å². The van der Waals surface area contributed by atoms with Gasteiger partial charge in [-0.25, -0.2) is 9.18 Å². The van der Waals surface area contributed by atoms with Gasteiger partial charge in [0, 0.05) is 31.9 Å². The number of benzene rings is 1. The quantitative estimate of drug-likeness (QED) is 0.660.